The van der Waals surface area contributed by atoms with E-state index in [0.717, 1.165) is 30.4 Å². The van der Waals surface area contributed by atoms with Gasteiger partial charge in [0.25, 0.3) is 5.91 Å². The Morgan fingerprint density at radius 3 is 2.50 bits per heavy atom. The number of carbonyl (C=O) groups is 1. The van der Waals surface area contributed by atoms with Gasteiger partial charge in [0.2, 0.25) is 0 Å². The largest absolute Gasteiger partial charge is 0.484 e. The summed E-state index contributed by atoms with van der Waals surface area (Å²) >= 11 is 1.81. The number of aliphatic imine (C=N–C) groups is 1. The summed E-state index contributed by atoms with van der Waals surface area (Å²) < 4.78 is 5.54. The van der Waals surface area contributed by atoms with E-state index in [2.05, 4.69) is 45.2 Å². The van der Waals surface area contributed by atoms with Gasteiger partial charge in [-0.15, -0.1) is 35.7 Å². The molecule has 0 bridgehead atoms. The van der Waals surface area contributed by atoms with Crippen LogP contribution in [-0.4, -0.2) is 43.9 Å². The van der Waals surface area contributed by atoms with Gasteiger partial charge in [0.05, 0.1) is 6.54 Å². The molecule has 3 N–H and O–H groups in total. The molecule has 30 heavy (non-hydrogen) atoms. The third-order valence-corrected chi connectivity index (χ3v) is 4.83. The second-order valence-electron chi connectivity index (χ2n) is 6.17. The van der Waals surface area contributed by atoms with Crippen LogP contribution in [0.15, 0.2) is 64.5 Å². The van der Waals surface area contributed by atoms with Crippen LogP contribution in [0, 0.1) is 0 Å². The Hall–Kier alpha value is -1.94. The first-order valence-corrected chi connectivity index (χ1v) is 10.9. The minimum absolute atomic E-state index is 0. The third-order valence-electron chi connectivity index (χ3n) is 3.81. The van der Waals surface area contributed by atoms with Crippen molar-refractivity contribution >= 4 is 47.6 Å². The lowest BCUT2D eigenvalue weighted by molar-refractivity contribution is -0.122. The number of halogens is 1. The van der Waals surface area contributed by atoms with Gasteiger partial charge in [0, 0.05) is 30.3 Å². The molecule has 0 unspecified atom stereocenters. The van der Waals surface area contributed by atoms with Crippen LogP contribution in [0.3, 0.4) is 0 Å². The molecule has 6 nitrogen and oxygen atoms in total. The molecule has 0 fully saturated rings. The lowest BCUT2D eigenvalue weighted by Gasteiger charge is -2.11. The third kappa shape index (κ3) is 10.7. The first-order valence-electron chi connectivity index (χ1n) is 9.89. The van der Waals surface area contributed by atoms with Gasteiger partial charge in [-0.2, -0.15) is 0 Å². The van der Waals surface area contributed by atoms with Gasteiger partial charge in [0.15, 0.2) is 12.6 Å². The van der Waals surface area contributed by atoms with Crippen LogP contribution >= 0.6 is 35.7 Å². The minimum atomic E-state index is -0.122. The van der Waals surface area contributed by atoms with Crippen molar-refractivity contribution in [1.29, 1.82) is 0 Å². The van der Waals surface area contributed by atoms with E-state index in [-0.39, 0.29) is 36.5 Å². The van der Waals surface area contributed by atoms with Crippen molar-refractivity contribution in [2.45, 2.75) is 25.3 Å². The Labute approximate surface area is 200 Å². The molecule has 2 aromatic rings. The van der Waals surface area contributed by atoms with Gasteiger partial charge in [-0.3, -0.25) is 4.79 Å². The number of rotatable bonds is 11. The Morgan fingerprint density at radius 2 is 1.77 bits per heavy atom. The zero-order chi connectivity index (χ0) is 20.7. The average Bonchev–Trinajstić information content (AvgIpc) is 2.75. The second kappa shape index (κ2) is 15.8. The molecule has 0 saturated heterocycles. The van der Waals surface area contributed by atoms with Gasteiger partial charge >= 0.3 is 0 Å². The maximum atomic E-state index is 11.5. The van der Waals surface area contributed by atoms with Gasteiger partial charge < -0.3 is 20.7 Å². The van der Waals surface area contributed by atoms with Gasteiger partial charge in [-0.1, -0.05) is 30.3 Å². The van der Waals surface area contributed by atoms with Crippen LogP contribution in [0.2, 0.25) is 0 Å². The molecule has 0 heterocycles. The first-order chi connectivity index (χ1) is 14.2. The van der Waals surface area contributed by atoms with Crippen molar-refractivity contribution in [2.24, 2.45) is 4.99 Å². The fourth-order valence-electron chi connectivity index (χ4n) is 2.50. The van der Waals surface area contributed by atoms with Crippen molar-refractivity contribution in [3.05, 3.63) is 60.2 Å². The zero-order valence-corrected chi connectivity index (χ0v) is 20.7. The zero-order valence-electron chi connectivity index (χ0n) is 17.5. The number of hydrogen-bond acceptors (Lipinski definition) is 4. The fraction of sp³-hybridized carbons (Fsp3) is 0.364. The van der Waals surface area contributed by atoms with Crippen LogP contribution in [0.5, 0.6) is 5.75 Å². The topological polar surface area (TPSA) is 74.8 Å². The number of carbonyl (C=O) groups excluding carboxylic acids is 1. The highest BCUT2D eigenvalue weighted by Crippen LogP contribution is 2.16. The molecule has 0 aliphatic rings. The van der Waals surface area contributed by atoms with Gasteiger partial charge in [-0.05, 0) is 43.7 Å². The minimum Gasteiger partial charge on any atom is -0.484 e. The number of benzene rings is 2. The van der Waals surface area contributed by atoms with Crippen molar-refractivity contribution in [3.8, 4) is 5.75 Å². The van der Waals surface area contributed by atoms with E-state index in [9.17, 15) is 4.79 Å². The molecule has 0 radical (unpaired) electrons. The standard InChI is InChI=1S/C22H30N4O2S.HI/c1-3-23-21(27)17-28-19-10-8-9-18(15-19)16-26-22(24-4-2)25-13-14-29-20-11-6-5-7-12-20;/h5-12,15H,3-4,13-14,16-17H2,1-2H3,(H,23,27)(H2,24,25,26);1H. The molecule has 0 aliphatic carbocycles. The van der Waals surface area contributed by atoms with Gasteiger partial charge in [-0.25, -0.2) is 4.99 Å². The van der Waals surface area contributed by atoms with E-state index in [0.29, 0.717) is 18.8 Å². The molecule has 1 amide bonds. The summed E-state index contributed by atoms with van der Waals surface area (Å²) in [5, 5.41) is 9.34. The van der Waals surface area contributed by atoms with E-state index in [1.807, 2.05) is 55.9 Å². The number of amides is 1. The highest BCUT2D eigenvalue weighted by molar-refractivity contribution is 14.0. The van der Waals surface area contributed by atoms with E-state index in [4.69, 9.17) is 4.74 Å². The van der Waals surface area contributed by atoms with Crippen molar-refractivity contribution < 1.29 is 9.53 Å². The molecule has 0 spiro atoms. The van der Waals surface area contributed by atoms with Crippen LogP contribution in [0.1, 0.15) is 19.4 Å². The molecule has 8 heteroatoms. The number of hydrogen-bond donors (Lipinski definition) is 3. The summed E-state index contributed by atoms with van der Waals surface area (Å²) in [6.45, 7) is 6.69. The van der Waals surface area contributed by atoms with Crippen molar-refractivity contribution in [3.63, 3.8) is 0 Å². The predicted molar refractivity (Wildman–Crippen MR) is 136 cm³/mol. The number of nitrogens with zero attached hydrogens (tertiary/aromatic N) is 1. The fourth-order valence-corrected chi connectivity index (χ4v) is 3.29. The Kier molecular flexibility index (Phi) is 13.8. The molecular weight excluding hydrogens is 511 g/mol. The predicted octanol–water partition coefficient (Wildman–Crippen LogP) is 3.67. The van der Waals surface area contributed by atoms with Crippen LogP contribution in [0.4, 0.5) is 0 Å². The first kappa shape index (κ1) is 26.1. The highest BCUT2D eigenvalue weighted by Gasteiger charge is 2.03. The van der Waals surface area contributed by atoms with E-state index in [1.54, 1.807) is 0 Å². The second-order valence-corrected chi connectivity index (χ2v) is 7.34. The quantitative estimate of drug-likeness (QED) is 0.133. The number of likely N-dealkylation sites (N-methyl/N-ethyl adjacent to an activating group) is 1. The molecular formula is C22H31IN4O2S. The molecule has 0 aliphatic heterocycles. The molecule has 2 rings (SSSR count). The number of nitrogens with one attached hydrogen (secondary N) is 3. The van der Waals surface area contributed by atoms with Crippen molar-refractivity contribution in [2.75, 3.05) is 32.0 Å². The maximum Gasteiger partial charge on any atom is 0.257 e. The summed E-state index contributed by atoms with van der Waals surface area (Å²) in [4.78, 5) is 17.4. The Balaban J connectivity index is 0.00000450. The summed E-state index contributed by atoms with van der Waals surface area (Å²) in [5.74, 6) is 2.29. The Bertz CT molecular complexity index is 775. The smallest absolute Gasteiger partial charge is 0.257 e. The van der Waals surface area contributed by atoms with E-state index < -0.39 is 0 Å². The molecule has 0 atom stereocenters. The average molecular weight is 542 g/mol. The summed E-state index contributed by atoms with van der Waals surface area (Å²) in [7, 11) is 0. The van der Waals surface area contributed by atoms with E-state index >= 15 is 0 Å². The molecule has 0 aromatic heterocycles. The van der Waals surface area contributed by atoms with Crippen LogP contribution < -0.4 is 20.7 Å². The normalized spacial score (nSPS) is 10.7. The summed E-state index contributed by atoms with van der Waals surface area (Å²) in [5.41, 5.74) is 1.02. The number of guanidine groups is 1. The molecule has 164 valence electrons. The van der Waals surface area contributed by atoms with E-state index in [1.165, 1.54) is 4.90 Å². The molecule has 2 aromatic carbocycles. The summed E-state index contributed by atoms with van der Waals surface area (Å²) in [6.07, 6.45) is 0. The lowest BCUT2D eigenvalue weighted by atomic mass is 10.2. The van der Waals surface area contributed by atoms with Crippen LogP contribution in [-0.2, 0) is 11.3 Å². The number of ether oxygens (including phenoxy) is 1. The summed E-state index contributed by atoms with van der Waals surface area (Å²) in [6, 6.07) is 18.0. The lowest BCUT2D eigenvalue weighted by Crippen LogP contribution is -2.38. The maximum absolute atomic E-state index is 11.5. The molecule has 0 saturated carbocycles. The van der Waals surface area contributed by atoms with Crippen LogP contribution in [0.25, 0.3) is 0 Å². The number of thioether (sulfide) groups is 1. The van der Waals surface area contributed by atoms with Crippen molar-refractivity contribution in [1.82, 2.24) is 16.0 Å². The SMILES string of the molecule is CCNC(=O)COc1cccc(CN=C(NCC)NCCSc2ccccc2)c1.I. The Morgan fingerprint density at radius 1 is 1.00 bits per heavy atom. The van der Waals surface area contributed by atoms with Gasteiger partial charge in [0.1, 0.15) is 5.75 Å². The monoisotopic (exact) mass is 542 g/mol. The highest BCUT2D eigenvalue weighted by atomic mass is 127.